The van der Waals surface area contributed by atoms with Gasteiger partial charge >= 0.3 is 0 Å². The molecule has 0 saturated heterocycles. The molecule has 2 aromatic heterocycles. The smallest absolute Gasteiger partial charge is 0.159 e. The molecule has 3 heterocycles. The van der Waals surface area contributed by atoms with Gasteiger partial charge in [-0.3, -0.25) is 4.90 Å². The van der Waals surface area contributed by atoms with Crippen LogP contribution < -0.4 is 0 Å². The highest BCUT2D eigenvalue weighted by Crippen LogP contribution is 2.23. The van der Waals surface area contributed by atoms with Crippen molar-refractivity contribution in [3.8, 4) is 11.4 Å². The lowest BCUT2D eigenvalue weighted by molar-refractivity contribution is 0.245. The average molecular weight is 342 g/mol. The maximum Gasteiger partial charge on any atom is 0.159 e. The Balaban J connectivity index is 1.53. The summed E-state index contributed by atoms with van der Waals surface area (Å²) in [5, 5.41) is 2.87. The third-order valence-corrected chi connectivity index (χ3v) is 5.19. The van der Waals surface area contributed by atoms with Crippen molar-refractivity contribution in [3.63, 3.8) is 0 Å². The summed E-state index contributed by atoms with van der Waals surface area (Å²) in [6, 6.07) is 12.0. The van der Waals surface area contributed by atoms with Crippen LogP contribution in [-0.2, 0) is 19.5 Å². The zero-order valence-corrected chi connectivity index (χ0v) is 14.1. The Kier molecular flexibility index (Phi) is 4.12. The van der Waals surface area contributed by atoms with Gasteiger partial charge in [-0.15, -0.1) is 11.3 Å². The predicted molar refractivity (Wildman–Crippen MR) is 94.6 cm³/mol. The molecule has 0 saturated carbocycles. The Morgan fingerprint density at radius 1 is 1.17 bits per heavy atom. The molecular weight excluding hydrogens is 326 g/mol. The number of rotatable bonds is 3. The van der Waals surface area contributed by atoms with Gasteiger partial charge in [0.05, 0.1) is 5.69 Å². The van der Waals surface area contributed by atoms with Crippen LogP contribution in [0.3, 0.4) is 0 Å². The summed E-state index contributed by atoms with van der Waals surface area (Å²) < 4.78 is 0. The molecule has 3 nitrogen and oxygen atoms in total. The van der Waals surface area contributed by atoms with E-state index in [1.807, 2.05) is 41.8 Å². The van der Waals surface area contributed by atoms with E-state index in [-0.39, 0.29) is 0 Å². The minimum absolute atomic E-state index is 0.732. The predicted octanol–water partition coefficient (Wildman–Crippen LogP) is 4.42. The van der Waals surface area contributed by atoms with E-state index in [2.05, 4.69) is 27.4 Å². The first-order chi connectivity index (χ1) is 11.3. The molecule has 1 aliphatic heterocycles. The van der Waals surface area contributed by atoms with Crippen LogP contribution >= 0.6 is 22.9 Å². The Bertz CT molecular complexity index is 800. The fourth-order valence-corrected chi connectivity index (χ4v) is 3.74. The second kappa shape index (κ2) is 6.40. The number of benzene rings is 1. The van der Waals surface area contributed by atoms with Crippen LogP contribution in [0.25, 0.3) is 11.4 Å². The highest BCUT2D eigenvalue weighted by Gasteiger charge is 2.19. The Morgan fingerprint density at radius 3 is 2.83 bits per heavy atom. The average Bonchev–Trinajstić information content (AvgIpc) is 3.08. The minimum atomic E-state index is 0.732. The lowest BCUT2D eigenvalue weighted by Gasteiger charge is -2.27. The largest absolute Gasteiger partial charge is 0.294 e. The number of thiophene rings is 1. The van der Waals surface area contributed by atoms with E-state index in [9.17, 15) is 0 Å². The molecule has 1 aromatic carbocycles. The van der Waals surface area contributed by atoms with Gasteiger partial charge in [0.15, 0.2) is 5.82 Å². The van der Waals surface area contributed by atoms with Crippen molar-refractivity contribution in [1.82, 2.24) is 14.9 Å². The molecule has 0 fully saturated rings. The van der Waals surface area contributed by atoms with Crippen molar-refractivity contribution >= 4 is 22.9 Å². The summed E-state index contributed by atoms with van der Waals surface area (Å²) in [5.74, 6) is 0.784. The van der Waals surface area contributed by atoms with Crippen LogP contribution in [0, 0.1) is 0 Å². The molecule has 0 spiro atoms. The number of hydrogen-bond acceptors (Lipinski definition) is 4. The number of aromatic nitrogens is 2. The van der Waals surface area contributed by atoms with E-state index in [0.29, 0.717) is 0 Å². The fraction of sp³-hybridized carbons (Fsp3) is 0.222. The van der Waals surface area contributed by atoms with Crippen molar-refractivity contribution in [2.45, 2.75) is 19.5 Å². The molecule has 4 rings (SSSR count). The Hall–Kier alpha value is -1.75. The van der Waals surface area contributed by atoms with E-state index in [1.165, 1.54) is 16.1 Å². The first kappa shape index (κ1) is 14.8. The number of nitrogens with zero attached hydrogens (tertiary/aromatic N) is 3. The summed E-state index contributed by atoms with van der Waals surface area (Å²) >= 11 is 7.76. The molecule has 0 amide bonds. The summed E-state index contributed by atoms with van der Waals surface area (Å²) in [5.41, 5.74) is 3.43. The minimum Gasteiger partial charge on any atom is -0.294 e. The van der Waals surface area contributed by atoms with Gasteiger partial charge in [0, 0.05) is 53.3 Å². The van der Waals surface area contributed by atoms with Crippen LogP contribution in [-0.4, -0.2) is 21.4 Å². The van der Waals surface area contributed by atoms with E-state index >= 15 is 0 Å². The zero-order valence-electron chi connectivity index (χ0n) is 12.6. The van der Waals surface area contributed by atoms with Gasteiger partial charge in [-0.05, 0) is 35.7 Å². The lowest BCUT2D eigenvalue weighted by Crippen LogP contribution is -2.30. The third kappa shape index (κ3) is 3.29. The van der Waals surface area contributed by atoms with Crippen LogP contribution in [0.15, 0.2) is 48.0 Å². The first-order valence-electron chi connectivity index (χ1n) is 7.63. The second-order valence-electron chi connectivity index (χ2n) is 5.71. The molecule has 116 valence electrons. The summed E-state index contributed by atoms with van der Waals surface area (Å²) in [6.45, 7) is 2.98. The van der Waals surface area contributed by atoms with Crippen molar-refractivity contribution < 1.29 is 0 Å². The van der Waals surface area contributed by atoms with E-state index in [4.69, 9.17) is 16.6 Å². The van der Waals surface area contributed by atoms with Gasteiger partial charge < -0.3 is 0 Å². The standard InChI is InChI=1S/C18H16ClN3S/c19-15-5-3-13(4-6-15)18-20-10-14-11-22(8-7-17(14)21-18)12-16-2-1-9-23-16/h1-6,9-10H,7-8,11-12H2. The number of fused-ring (bicyclic) bond motifs is 1. The highest BCUT2D eigenvalue weighted by atomic mass is 35.5. The van der Waals surface area contributed by atoms with Crippen LogP contribution in [0.5, 0.6) is 0 Å². The molecule has 0 radical (unpaired) electrons. The van der Waals surface area contributed by atoms with Crippen LogP contribution in [0.4, 0.5) is 0 Å². The van der Waals surface area contributed by atoms with Gasteiger partial charge in [0.2, 0.25) is 0 Å². The fourth-order valence-electron chi connectivity index (χ4n) is 2.87. The molecule has 0 N–H and O–H groups in total. The number of hydrogen-bond donors (Lipinski definition) is 0. The third-order valence-electron chi connectivity index (χ3n) is 4.07. The molecule has 0 bridgehead atoms. The summed E-state index contributed by atoms with van der Waals surface area (Å²) in [7, 11) is 0. The van der Waals surface area contributed by atoms with E-state index in [1.54, 1.807) is 0 Å². The quantitative estimate of drug-likeness (QED) is 0.706. The normalized spacial score (nSPS) is 14.7. The van der Waals surface area contributed by atoms with Gasteiger partial charge in [0.25, 0.3) is 0 Å². The summed E-state index contributed by atoms with van der Waals surface area (Å²) in [4.78, 5) is 13.2. The summed E-state index contributed by atoms with van der Waals surface area (Å²) in [6.07, 6.45) is 2.96. The van der Waals surface area contributed by atoms with Crippen molar-refractivity contribution in [3.05, 3.63) is 69.1 Å². The Morgan fingerprint density at radius 2 is 2.04 bits per heavy atom. The molecule has 0 aliphatic carbocycles. The van der Waals surface area contributed by atoms with Gasteiger partial charge in [-0.2, -0.15) is 0 Å². The van der Waals surface area contributed by atoms with Crippen molar-refractivity contribution in [2.24, 2.45) is 0 Å². The van der Waals surface area contributed by atoms with E-state index in [0.717, 1.165) is 42.5 Å². The molecular formula is C18H16ClN3S. The SMILES string of the molecule is Clc1ccc(-c2ncc3c(n2)CCN(Cc2cccs2)C3)cc1. The maximum absolute atomic E-state index is 5.94. The van der Waals surface area contributed by atoms with Crippen LogP contribution in [0.2, 0.25) is 5.02 Å². The highest BCUT2D eigenvalue weighted by molar-refractivity contribution is 7.09. The first-order valence-corrected chi connectivity index (χ1v) is 8.89. The van der Waals surface area contributed by atoms with E-state index < -0.39 is 0 Å². The lowest BCUT2D eigenvalue weighted by atomic mass is 10.1. The van der Waals surface area contributed by atoms with Crippen molar-refractivity contribution in [1.29, 1.82) is 0 Å². The number of halogens is 1. The zero-order chi connectivity index (χ0) is 15.6. The van der Waals surface area contributed by atoms with Crippen LogP contribution in [0.1, 0.15) is 16.1 Å². The van der Waals surface area contributed by atoms with Gasteiger partial charge in [-0.1, -0.05) is 17.7 Å². The Labute approximate surface area is 144 Å². The molecule has 1 aliphatic rings. The monoisotopic (exact) mass is 341 g/mol. The molecule has 23 heavy (non-hydrogen) atoms. The second-order valence-corrected chi connectivity index (χ2v) is 7.18. The maximum atomic E-state index is 5.94. The topological polar surface area (TPSA) is 29.0 Å². The van der Waals surface area contributed by atoms with Crippen molar-refractivity contribution in [2.75, 3.05) is 6.54 Å². The van der Waals surface area contributed by atoms with Gasteiger partial charge in [-0.25, -0.2) is 9.97 Å². The van der Waals surface area contributed by atoms with Gasteiger partial charge in [0.1, 0.15) is 0 Å². The molecule has 0 atom stereocenters. The molecule has 5 heteroatoms. The molecule has 3 aromatic rings. The molecule has 0 unspecified atom stereocenters.